The smallest absolute Gasteiger partial charge is 0.280 e. The first-order chi connectivity index (χ1) is 16.3. The van der Waals surface area contributed by atoms with Crippen molar-refractivity contribution in [2.75, 3.05) is 11.9 Å². The lowest BCUT2D eigenvalue weighted by atomic mass is 10.0. The van der Waals surface area contributed by atoms with Gasteiger partial charge in [-0.2, -0.15) is 9.40 Å². The third kappa shape index (κ3) is 4.95. The number of piperidine rings is 1. The first-order valence-corrected chi connectivity index (χ1v) is 12.8. The van der Waals surface area contributed by atoms with Gasteiger partial charge in [-0.1, -0.05) is 31.0 Å². The average molecular weight is 481 g/mol. The minimum Gasteiger partial charge on any atom is -0.320 e. The Hall–Kier alpha value is -3.30. The maximum atomic E-state index is 13.1. The van der Waals surface area contributed by atoms with Crippen LogP contribution in [0.5, 0.6) is 0 Å². The molecule has 1 aliphatic rings. The Morgan fingerprint density at radius 3 is 2.44 bits per heavy atom. The monoisotopic (exact) mass is 480 g/mol. The summed E-state index contributed by atoms with van der Waals surface area (Å²) in [5.74, 6) is -0.663. The van der Waals surface area contributed by atoms with Crippen LogP contribution in [0.25, 0.3) is 5.69 Å². The molecule has 2 aromatic carbocycles. The van der Waals surface area contributed by atoms with Crippen LogP contribution in [0.1, 0.15) is 48.7 Å². The Balaban J connectivity index is 1.53. The number of aromatic nitrogens is 2. The van der Waals surface area contributed by atoms with Crippen LogP contribution in [0.3, 0.4) is 0 Å². The molecule has 4 rings (SSSR count). The second-order valence-corrected chi connectivity index (χ2v) is 10.4. The van der Waals surface area contributed by atoms with Crippen LogP contribution in [0.4, 0.5) is 5.69 Å². The molecule has 1 aromatic heterocycles. The number of aryl methyl sites for hydroxylation is 1. The molecule has 8 nitrogen and oxygen atoms in total. The highest BCUT2D eigenvalue weighted by molar-refractivity contribution is 7.89. The molecule has 2 heterocycles. The maximum absolute atomic E-state index is 13.1. The van der Waals surface area contributed by atoms with Crippen molar-refractivity contribution in [3.05, 3.63) is 82.3 Å². The first kappa shape index (κ1) is 23.8. The van der Waals surface area contributed by atoms with E-state index in [0.717, 1.165) is 36.9 Å². The van der Waals surface area contributed by atoms with Crippen LogP contribution in [0.2, 0.25) is 0 Å². The molecule has 0 aliphatic carbocycles. The number of carbonyl (C=O) groups excluding carboxylic acids is 1. The van der Waals surface area contributed by atoms with E-state index in [4.69, 9.17) is 0 Å². The third-order valence-corrected chi connectivity index (χ3v) is 8.05. The zero-order chi connectivity index (χ0) is 24.3. The number of nitrogens with zero attached hydrogens (tertiary/aromatic N) is 3. The molecular weight excluding hydrogens is 452 g/mol. The summed E-state index contributed by atoms with van der Waals surface area (Å²) in [6.07, 6.45) is 5.04. The second kappa shape index (κ2) is 9.90. The molecule has 0 unspecified atom stereocenters. The Morgan fingerprint density at radius 1 is 1.06 bits per heavy atom. The van der Waals surface area contributed by atoms with Crippen molar-refractivity contribution < 1.29 is 13.2 Å². The molecule has 1 fully saturated rings. The van der Waals surface area contributed by atoms with Crippen LogP contribution >= 0.6 is 0 Å². The maximum Gasteiger partial charge on any atom is 0.280 e. The van der Waals surface area contributed by atoms with E-state index in [2.05, 4.69) is 10.4 Å². The molecule has 3 aromatic rings. The van der Waals surface area contributed by atoms with Gasteiger partial charge in [0.1, 0.15) is 0 Å². The van der Waals surface area contributed by atoms with E-state index in [1.807, 2.05) is 38.1 Å². The highest BCUT2D eigenvalue weighted by Crippen LogP contribution is 2.27. The predicted molar refractivity (Wildman–Crippen MR) is 131 cm³/mol. The van der Waals surface area contributed by atoms with Gasteiger partial charge in [-0.3, -0.25) is 9.59 Å². The molecule has 1 amide bonds. The quantitative estimate of drug-likeness (QED) is 0.579. The van der Waals surface area contributed by atoms with E-state index in [9.17, 15) is 18.0 Å². The highest BCUT2D eigenvalue weighted by atomic mass is 32.2. The van der Waals surface area contributed by atoms with E-state index in [1.54, 1.807) is 4.31 Å². The summed E-state index contributed by atoms with van der Waals surface area (Å²) in [6, 6.07) is 14.8. The topological polar surface area (TPSA) is 101 Å². The number of rotatable bonds is 6. The third-order valence-electron chi connectivity index (χ3n) is 6.08. The van der Waals surface area contributed by atoms with E-state index in [1.165, 1.54) is 41.2 Å². The molecule has 9 heteroatoms. The molecule has 34 heavy (non-hydrogen) atoms. The van der Waals surface area contributed by atoms with E-state index < -0.39 is 21.4 Å². The molecule has 0 saturated carbocycles. The van der Waals surface area contributed by atoms with Crippen LogP contribution in [0.15, 0.2) is 70.5 Å². The average Bonchev–Trinajstić information content (AvgIpc) is 2.85. The molecule has 0 bridgehead atoms. The molecule has 1 saturated heterocycles. The van der Waals surface area contributed by atoms with Crippen molar-refractivity contribution in [1.29, 1.82) is 0 Å². The number of nitrogens with one attached hydrogen (secondary N) is 1. The molecule has 0 spiro atoms. The molecule has 1 N–H and O–H groups in total. The van der Waals surface area contributed by atoms with Crippen molar-refractivity contribution in [2.24, 2.45) is 0 Å². The Kier molecular flexibility index (Phi) is 6.95. The van der Waals surface area contributed by atoms with Crippen molar-refractivity contribution in [3.8, 4) is 5.69 Å². The van der Waals surface area contributed by atoms with Crippen LogP contribution in [0, 0.1) is 6.92 Å². The van der Waals surface area contributed by atoms with Crippen LogP contribution in [-0.2, 0) is 10.0 Å². The summed E-state index contributed by atoms with van der Waals surface area (Å²) in [5.41, 5.74) is 1.42. The summed E-state index contributed by atoms with van der Waals surface area (Å²) in [6.45, 7) is 4.49. The summed E-state index contributed by atoms with van der Waals surface area (Å²) >= 11 is 0. The predicted octanol–water partition coefficient (Wildman–Crippen LogP) is 3.75. The fourth-order valence-corrected chi connectivity index (χ4v) is 5.91. The van der Waals surface area contributed by atoms with Crippen LogP contribution < -0.4 is 10.7 Å². The van der Waals surface area contributed by atoms with Crippen molar-refractivity contribution in [1.82, 2.24) is 14.1 Å². The zero-order valence-corrected chi connectivity index (χ0v) is 20.1. The summed E-state index contributed by atoms with van der Waals surface area (Å²) < 4.78 is 29.3. The van der Waals surface area contributed by atoms with Crippen molar-refractivity contribution in [3.63, 3.8) is 0 Å². The van der Waals surface area contributed by atoms with Gasteiger partial charge < -0.3 is 5.32 Å². The molecule has 178 valence electrons. The number of carbonyl (C=O) groups is 1. The van der Waals surface area contributed by atoms with Gasteiger partial charge in [0.05, 0.1) is 10.6 Å². The molecular formula is C25H28N4O4S. The lowest BCUT2D eigenvalue weighted by Gasteiger charge is -2.34. The second-order valence-electron chi connectivity index (χ2n) is 8.46. The van der Waals surface area contributed by atoms with Gasteiger partial charge in [0, 0.05) is 30.5 Å². The van der Waals surface area contributed by atoms with Gasteiger partial charge in [0.25, 0.3) is 5.91 Å². The SMILES string of the molecule is CC[C@@H]1CCCCN1S(=O)(=O)c1ccc(NC(=O)c2nn(-c3ccc(C)cc3)ccc2=O)cc1. The van der Waals surface area contributed by atoms with Gasteiger partial charge in [-0.05, 0) is 62.6 Å². The van der Waals surface area contributed by atoms with Gasteiger partial charge in [-0.25, -0.2) is 13.1 Å². The largest absolute Gasteiger partial charge is 0.320 e. The zero-order valence-electron chi connectivity index (χ0n) is 19.3. The normalized spacial score (nSPS) is 16.8. The fourth-order valence-electron chi connectivity index (χ4n) is 4.14. The Labute approximate surface area is 199 Å². The summed E-state index contributed by atoms with van der Waals surface area (Å²) in [4.78, 5) is 25.2. The number of amides is 1. The highest BCUT2D eigenvalue weighted by Gasteiger charge is 2.32. The lowest BCUT2D eigenvalue weighted by molar-refractivity contribution is 0.101. The number of hydrogen-bond acceptors (Lipinski definition) is 5. The van der Waals surface area contributed by atoms with E-state index >= 15 is 0 Å². The van der Waals surface area contributed by atoms with E-state index in [0.29, 0.717) is 12.2 Å². The standard InChI is InChI=1S/C25H28N4O4S/c1-3-20-6-4-5-16-29(20)34(32,33)22-13-9-19(10-14-22)26-25(31)24-23(30)15-17-28(27-24)21-11-7-18(2)8-12-21/h7-15,17,20H,3-6,16H2,1-2H3,(H,26,31)/t20-/m1/s1. The van der Waals surface area contributed by atoms with Gasteiger partial charge in [-0.15, -0.1) is 0 Å². The van der Waals surface area contributed by atoms with E-state index in [-0.39, 0.29) is 16.6 Å². The number of sulfonamides is 1. The van der Waals surface area contributed by atoms with Gasteiger partial charge in [0.15, 0.2) is 5.69 Å². The minimum absolute atomic E-state index is 0.0120. The molecule has 1 aliphatic heterocycles. The van der Waals surface area contributed by atoms with Gasteiger partial charge >= 0.3 is 0 Å². The summed E-state index contributed by atoms with van der Waals surface area (Å²) in [7, 11) is -3.61. The molecule has 0 radical (unpaired) electrons. The van der Waals surface area contributed by atoms with Crippen molar-refractivity contribution >= 4 is 21.6 Å². The minimum atomic E-state index is -3.61. The number of benzene rings is 2. The molecule has 1 atom stereocenters. The van der Waals surface area contributed by atoms with Crippen molar-refractivity contribution in [2.45, 2.75) is 50.5 Å². The fraction of sp³-hybridized carbons (Fsp3) is 0.320. The summed E-state index contributed by atoms with van der Waals surface area (Å²) in [5, 5.41) is 6.84. The first-order valence-electron chi connectivity index (χ1n) is 11.4. The van der Waals surface area contributed by atoms with Crippen LogP contribution in [-0.4, -0.2) is 41.0 Å². The Morgan fingerprint density at radius 2 is 1.76 bits per heavy atom. The number of hydrogen-bond donors (Lipinski definition) is 1. The number of anilines is 1. The Bertz CT molecular complexity index is 1330. The lowest BCUT2D eigenvalue weighted by Crippen LogP contribution is -2.43. The van der Waals surface area contributed by atoms with Gasteiger partial charge in [0.2, 0.25) is 15.5 Å².